The fraction of sp³-hybridized carbons (Fsp3) is 0.750. The van der Waals surface area contributed by atoms with Crippen molar-refractivity contribution in [1.29, 1.82) is 0 Å². The molecule has 1 nitrogen and oxygen atoms in total. The second-order valence-electron chi connectivity index (χ2n) is 1.17. The van der Waals surface area contributed by atoms with Crippen LogP contribution in [0.3, 0.4) is 0 Å². The quantitative estimate of drug-likeness (QED) is 0.495. The zero-order valence-electron chi connectivity index (χ0n) is 4.31. The van der Waals surface area contributed by atoms with Crippen LogP contribution in [-0.4, -0.2) is 61.5 Å². The van der Waals surface area contributed by atoms with Gasteiger partial charge in [0.2, 0.25) is 0 Å². The molecule has 0 radical (unpaired) electrons. The third-order valence-corrected chi connectivity index (χ3v) is 1.70. The fourth-order valence-electron chi connectivity index (χ4n) is 0.203. The van der Waals surface area contributed by atoms with E-state index in [1.165, 1.54) is 0 Å². The number of nitrogens with two attached hydrogens (primary N) is 1. The normalized spacial score (nSPS) is 7.62. The molecule has 0 aliphatic heterocycles. The van der Waals surface area contributed by atoms with Gasteiger partial charge in [0.05, 0.1) is 0 Å². The van der Waals surface area contributed by atoms with Gasteiger partial charge in [-0.15, -0.1) is 0 Å². The Morgan fingerprint density at radius 1 is 1.75 bits per heavy atom. The van der Waals surface area contributed by atoms with Crippen LogP contribution in [0.1, 0.15) is 13.3 Å². The zero-order chi connectivity index (χ0) is 5.70. The van der Waals surface area contributed by atoms with Crippen LogP contribution in [-0.2, 0) is 0 Å². The van der Waals surface area contributed by atoms with Crippen LogP contribution in [0.25, 0.3) is 0 Å². The molecule has 0 fully saturated rings. The Bertz CT molecular complexity index is 67.1. The van der Waals surface area contributed by atoms with Crippen molar-refractivity contribution in [1.82, 2.24) is 0 Å². The molecule has 0 rings (SSSR count). The summed E-state index contributed by atoms with van der Waals surface area (Å²) in [6.07, 6.45) is 1.14. The fourth-order valence-corrected chi connectivity index (χ4v) is 0.858. The average molecular weight is 175 g/mol. The predicted molar refractivity (Wildman–Crippen MR) is 46.7 cm³/mol. The van der Waals surface area contributed by atoms with Crippen molar-refractivity contribution in [3.05, 3.63) is 0 Å². The molecule has 0 heterocycles. The number of thiocarbonyl (C=S) groups is 1. The number of hydrogen-bond donors (Lipinski definition) is 1. The third-order valence-electron chi connectivity index (χ3n) is 0.448. The van der Waals surface area contributed by atoms with Gasteiger partial charge in [-0.2, -0.15) is 0 Å². The summed E-state index contributed by atoms with van der Waals surface area (Å²) in [5, 5.41) is 0. The summed E-state index contributed by atoms with van der Waals surface area (Å²) < 4.78 is 0.557. The number of hydrogen-bond acceptors (Lipinski definition) is 2. The Morgan fingerprint density at radius 2 is 2.25 bits per heavy atom. The summed E-state index contributed by atoms with van der Waals surface area (Å²) >= 11 is 6.14. The maximum atomic E-state index is 5.17. The first-order valence-electron chi connectivity index (χ1n) is 2.19. The first kappa shape index (κ1) is 12.5. The molecule has 0 bridgehead atoms. The van der Waals surface area contributed by atoms with E-state index >= 15 is 0 Å². The van der Waals surface area contributed by atoms with Crippen molar-refractivity contribution in [2.45, 2.75) is 13.3 Å². The van der Waals surface area contributed by atoms with Gasteiger partial charge < -0.3 is 5.73 Å². The van der Waals surface area contributed by atoms with Crippen LogP contribution in [0.15, 0.2) is 0 Å². The second kappa shape index (κ2) is 8.88. The molecule has 0 aromatic heterocycles. The van der Waals surface area contributed by atoms with Crippen LogP contribution in [0.5, 0.6) is 0 Å². The Hall–Kier alpha value is 1.88. The first-order valence-corrected chi connectivity index (χ1v) is 3.59. The third kappa shape index (κ3) is 10.8. The van der Waals surface area contributed by atoms with E-state index in [4.69, 9.17) is 5.73 Å². The Balaban J connectivity index is 0. The molecule has 0 aromatic rings. The van der Waals surface area contributed by atoms with Crippen molar-refractivity contribution in [3.63, 3.8) is 0 Å². The average Bonchev–Trinajstić information content (AvgIpc) is 1.61. The van der Waals surface area contributed by atoms with Crippen molar-refractivity contribution in [2.24, 2.45) is 5.73 Å². The molecule has 0 amide bonds. The van der Waals surface area contributed by atoms with E-state index in [1.807, 2.05) is 0 Å². The van der Waals surface area contributed by atoms with E-state index in [0.717, 1.165) is 12.2 Å². The van der Waals surface area contributed by atoms with Gasteiger partial charge in [-0.25, -0.2) is 0 Å². The van der Waals surface area contributed by atoms with Crippen LogP contribution in [0.4, 0.5) is 0 Å². The molecule has 0 unspecified atom stereocenters. The van der Waals surface area contributed by atoms with E-state index in [2.05, 4.69) is 19.1 Å². The number of rotatable bonds is 2. The van der Waals surface area contributed by atoms with Gasteiger partial charge in [0, 0.05) is 0 Å². The van der Waals surface area contributed by atoms with Crippen LogP contribution < -0.4 is 5.73 Å². The molecule has 0 atom stereocenters. The van der Waals surface area contributed by atoms with Gasteiger partial charge in [0.25, 0.3) is 0 Å². The molecule has 0 saturated heterocycles. The molecule has 0 spiro atoms. The van der Waals surface area contributed by atoms with Gasteiger partial charge in [0.15, 0.2) is 0 Å². The van der Waals surface area contributed by atoms with Gasteiger partial charge in [-0.3, -0.25) is 0 Å². The summed E-state index contributed by atoms with van der Waals surface area (Å²) in [5.41, 5.74) is 5.17. The minimum atomic E-state index is 0. The molecular weight excluding hydrogens is 165 g/mol. The second-order valence-corrected chi connectivity index (χ2v) is 3.00. The maximum absolute atomic E-state index is 5.17. The summed E-state index contributed by atoms with van der Waals surface area (Å²) in [5.74, 6) is 1.05. The van der Waals surface area contributed by atoms with Crippen molar-refractivity contribution < 1.29 is 0 Å². The minimum absolute atomic E-state index is 0. The van der Waals surface area contributed by atoms with Crippen molar-refractivity contribution >= 4 is 79.7 Å². The van der Waals surface area contributed by atoms with E-state index in [-0.39, 0.29) is 51.4 Å². The molecule has 8 heavy (non-hydrogen) atoms. The van der Waals surface area contributed by atoms with Crippen molar-refractivity contribution in [3.8, 4) is 0 Å². The Morgan fingerprint density at radius 3 is 2.38 bits per heavy atom. The Labute approximate surface area is 103 Å². The summed E-state index contributed by atoms with van der Waals surface area (Å²) in [4.78, 5) is 0. The van der Waals surface area contributed by atoms with Gasteiger partial charge in [-0.05, 0) is 12.2 Å². The van der Waals surface area contributed by atoms with Gasteiger partial charge >= 0.3 is 51.4 Å². The molecule has 2 N–H and O–H groups in total. The van der Waals surface area contributed by atoms with E-state index in [9.17, 15) is 0 Å². The monoisotopic (exact) mass is 175 g/mol. The summed E-state index contributed by atoms with van der Waals surface area (Å²) in [7, 11) is 0. The molecule has 0 saturated carbocycles. The van der Waals surface area contributed by atoms with Gasteiger partial charge in [0.1, 0.15) is 4.32 Å². The molecule has 0 aliphatic rings. The summed E-state index contributed by atoms with van der Waals surface area (Å²) in [6.45, 7) is 2.10. The van der Waals surface area contributed by atoms with Crippen LogP contribution in [0, 0.1) is 0 Å². The standard InChI is InChI=1S/C4H9NS2.K.H/c1-2-3-7-4(5)6;;/h2-3H2,1H3,(H2,5,6);;. The zero-order valence-corrected chi connectivity index (χ0v) is 5.94. The van der Waals surface area contributed by atoms with Crippen LogP contribution >= 0.6 is 24.0 Å². The Kier molecular flexibility index (Phi) is 13.9. The predicted octanol–water partition coefficient (Wildman–Crippen LogP) is 0.725. The topological polar surface area (TPSA) is 26.0 Å². The molecule has 44 valence electrons. The molecule has 0 aromatic carbocycles. The van der Waals surface area contributed by atoms with Crippen LogP contribution in [0.2, 0.25) is 0 Å². The SMILES string of the molecule is CCCSC(N)=S.[KH]. The van der Waals surface area contributed by atoms with E-state index < -0.39 is 0 Å². The van der Waals surface area contributed by atoms with Crippen molar-refractivity contribution in [2.75, 3.05) is 5.75 Å². The first-order chi connectivity index (χ1) is 3.27. The van der Waals surface area contributed by atoms with Gasteiger partial charge in [-0.1, -0.05) is 30.9 Å². The van der Waals surface area contributed by atoms with E-state index in [1.54, 1.807) is 11.8 Å². The molecule has 4 heteroatoms. The molecular formula is C4H10KNS2. The van der Waals surface area contributed by atoms with E-state index in [0.29, 0.717) is 4.32 Å². The molecule has 0 aliphatic carbocycles. The summed E-state index contributed by atoms with van der Waals surface area (Å²) in [6, 6.07) is 0. The number of thioether (sulfide) groups is 1.